The minimum absolute atomic E-state index is 0.127. The molecular weight excluding hydrogens is 309 g/mol. The van der Waals surface area contributed by atoms with Crippen molar-refractivity contribution < 1.29 is 4.39 Å². The molecule has 1 aromatic carbocycles. The average molecular weight is 339 g/mol. The van der Waals surface area contributed by atoms with Gasteiger partial charge in [-0.1, -0.05) is 31.1 Å². The van der Waals surface area contributed by atoms with Gasteiger partial charge in [0.1, 0.15) is 5.82 Å². The fraction of sp³-hybridized carbons (Fsp3) is 0.609. The van der Waals surface area contributed by atoms with Crippen molar-refractivity contribution in [2.45, 2.75) is 70.1 Å². The Hall–Kier alpha value is -1.62. The summed E-state index contributed by atoms with van der Waals surface area (Å²) in [5, 5.41) is 8.53. The maximum atomic E-state index is 13.1. The highest BCUT2D eigenvalue weighted by molar-refractivity contribution is 5.21. The number of hydrogen-bond donors (Lipinski definition) is 0. The van der Waals surface area contributed by atoms with Gasteiger partial charge in [-0.2, -0.15) is 5.26 Å². The molecule has 0 aliphatic heterocycles. The Morgan fingerprint density at radius 1 is 0.920 bits per heavy atom. The van der Waals surface area contributed by atoms with Gasteiger partial charge in [-0.3, -0.25) is 0 Å². The minimum Gasteiger partial charge on any atom is -0.207 e. The van der Waals surface area contributed by atoms with Crippen LogP contribution >= 0.6 is 0 Å². The predicted octanol–water partition coefficient (Wildman–Crippen LogP) is 6.77. The first-order valence-corrected chi connectivity index (χ1v) is 10.1. The average Bonchev–Trinajstić information content (AvgIpc) is 2.67. The second-order valence-corrected chi connectivity index (χ2v) is 8.05. The van der Waals surface area contributed by atoms with Gasteiger partial charge < -0.3 is 0 Å². The predicted molar refractivity (Wildman–Crippen MR) is 101 cm³/mol. The first kappa shape index (κ1) is 18.2. The molecule has 0 saturated heterocycles. The lowest BCUT2D eigenvalue weighted by molar-refractivity contribution is 0.157. The van der Waals surface area contributed by atoms with Crippen molar-refractivity contribution in [1.29, 1.82) is 5.26 Å². The smallest absolute Gasteiger partial charge is 0.123 e. The molecule has 0 aromatic heterocycles. The van der Waals surface area contributed by atoms with Crippen LogP contribution in [0.4, 0.5) is 4.39 Å². The highest BCUT2D eigenvalue weighted by atomic mass is 19.1. The summed E-state index contributed by atoms with van der Waals surface area (Å²) in [7, 11) is 0. The molecule has 0 amide bonds. The molecule has 0 atom stereocenters. The lowest BCUT2D eigenvalue weighted by Gasteiger charge is -2.38. The number of rotatable bonds is 5. The molecule has 0 spiro atoms. The van der Waals surface area contributed by atoms with Crippen LogP contribution in [0.15, 0.2) is 36.4 Å². The fourth-order valence-corrected chi connectivity index (χ4v) is 5.08. The van der Waals surface area contributed by atoms with E-state index in [1.54, 1.807) is 18.2 Å². The zero-order valence-electron chi connectivity index (χ0n) is 15.2. The fourth-order valence-electron chi connectivity index (χ4n) is 5.08. The van der Waals surface area contributed by atoms with Crippen LogP contribution < -0.4 is 0 Å². The van der Waals surface area contributed by atoms with Crippen molar-refractivity contribution in [3.63, 3.8) is 0 Å². The van der Waals surface area contributed by atoms with Crippen LogP contribution in [0, 0.1) is 34.9 Å². The Kier molecular flexibility index (Phi) is 6.68. The molecule has 2 fully saturated rings. The van der Waals surface area contributed by atoms with Gasteiger partial charge in [0.05, 0.1) is 6.07 Å². The molecule has 1 aromatic rings. The molecule has 2 aliphatic carbocycles. The van der Waals surface area contributed by atoms with Crippen molar-refractivity contribution >= 4 is 0 Å². The largest absolute Gasteiger partial charge is 0.207 e. The summed E-state index contributed by atoms with van der Waals surface area (Å²) in [6.07, 6.45) is 16.7. The van der Waals surface area contributed by atoms with E-state index in [1.165, 1.54) is 63.4 Å². The van der Waals surface area contributed by atoms with Crippen LogP contribution in [0.2, 0.25) is 0 Å². The lowest BCUT2D eigenvalue weighted by Crippen LogP contribution is -2.25. The van der Waals surface area contributed by atoms with Gasteiger partial charge in [-0.25, -0.2) is 4.39 Å². The number of nitrogens with zero attached hydrogens (tertiary/aromatic N) is 1. The van der Waals surface area contributed by atoms with E-state index < -0.39 is 0 Å². The van der Waals surface area contributed by atoms with Crippen molar-refractivity contribution in [1.82, 2.24) is 0 Å². The first-order chi connectivity index (χ1) is 12.3. The summed E-state index contributed by atoms with van der Waals surface area (Å²) in [6.45, 7) is 0. The second kappa shape index (κ2) is 9.18. The van der Waals surface area contributed by atoms with Crippen molar-refractivity contribution in [3.05, 3.63) is 47.8 Å². The molecule has 2 saturated carbocycles. The monoisotopic (exact) mass is 339 g/mol. The van der Waals surface area contributed by atoms with Crippen LogP contribution in [-0.4, -0.2) is 0 Å². The number of nitriles is 1. The number of allylic oxidation sites excluding steroid dienone is 2. The molecule has 1 nitrogen and oxygen atoms in total. The van der Waals surface area contributed by atoms with Crippen molar-refractivity contribution in [3.8, 4) is 6.07 Å². The molecular formula is C23H30FN. The molecule has 2 aliphatic rings. The molecule has 25 heavy (non-hydrogen) atoms. The third-order valence-corrected chi connectivity index (χ3v) is 6.61. The molecule has 0 N–H and O–H groups in total. The summed E-state index contributed by atoms with van der Waals surface area (Å²) < 4.78 is 13.1. The summed E-state index contributed by atoms with van der Waals surface area (Å²) >= 11 is 0. The van der Waals surface area contributed by atoms with E-state index in [4.69, 9.17) is 5.26 Å². The molecule has 0 bridgehead atoms. The van der Waals surface area contributed by atoms with Crippen LogP contribution in [0.1, 0.15) is 75.7 Å². The van der Waals surface area contributed by atoms with Crippen LogP contribution in [0.5, 0.6) is 0 Å². The Morgan fingerprint density at radius 2 is 1.52 bits per heavy atom. The van der Waals surface area contributed by atoms with E-state index in [0.29, 0.717) is 5.92 Å². The van der Waals surface area contributed by atoms with E-state index in [9.17, 15) is 4.39 Å². The number of hydrogen-bond acceptors (Lipinski definition) is 1. The SMILES string of the molecule is N#CC=CCCC1CCC(C2CCC(c3ccc(F)cc3)CC2)CC1. The third kappa shape index (κ3) is 5.18. The van der Waals surface area contributed by atoms with Crippen LogP contribution in [0.3, 0.4) is 0 Å². The van der Waals surface area contributed by atoms with E-state index in [1.807, 2.05) is 18.2 Å². The number of benzene rings is 1. The lowest BCUT2D eigenvalue weighted by atomic mass is 9.68. The van der Waals surface area contributed by atoms with Gasteiger partial charge in [-0.05, 0) is 92.7 Å². The molecule has 134 valence electrons. The van der Waals surface area contributed by atoms with Gasteiger partial charge >= 0.3 is 0 Å². The summed E-state index contributed by atoms with van der Waals surface area (Å²) in [6, 6.07) is 9.24. The Bertz CT molecular complexity index is 582. The Labute approximate surface area is 151 Å². The zero-order chi connectivity index (χ0) is 17.5. The van der Waals surface area contributed by atoms with Gasteiger partial charge in [0, 0.05) is 6.08 Å². The third-order valence-electron chi connectivity index (χ3n) is 6.61. The molecule has 0 radical (unpaired) electrons. The minimum atomic E-state index is -0.127. The quantitative estimate of drug-likeness (QED) is 0.543. The first-order valence-electron chi connectivity index (χ1n) is 10.1. The Morgan fingerprint density at radius 3 is 2.12 bits per heavy atom. The zero-order valence-corrected chi connectivity index (χ0v) is 15.2. The topological polar surface area (TPSA) is 23.8 Å². The summed E-state index contributed by atoms with van der Waals surface area (Å²) in [4.78, 5) is 0. The Balaban J connectivity index is 1.40. The van der Waals surface area contributed by atoms with Crippen molar-refractivity contribution in [2.75, 3.05) is 0 Å². The molecule has 0 heterocycles. The van der Waals surface area contributed by atoms with E-state index in [0.717, 1.165) is 24.2 Å². The van der Waals surface area contributed by atoms with E-state index in [-0.39, 0.29) is 5.82 Å². The maximum absolute atomic E-state index is 13.1. The highest BCUT2D eigenvalue weighted by Gasteiger charge is 2.31. The molecule has 3 rings (SSSR count). The van der Waals surface area contributed by atoms with Gasteiger partial charge in [0.2, 0.25) is 0 Å². The van der Waals surface area contributed by atoms with E-state index >= 15 is 0 Å². The molecule has 0 unspecified atom stereocenters. The summed E-state index contributed by atoms with van der Waals surface area (Å²) in [5.74, 6) is 3.23. The van der Waals surface area contributed by atoms with E-state index in [2.05, 4.69) is 6.07 Å². The molecule has 2 heteroatoms. The van der Waals surface area contributed by atoms with Gasteiger partial charge in [0.15, 0.2) is 0 Å². The second-order valence-electron chi connectivity index (χ2n) is 8.05. The van der Waals surface area contributed by atoms with Crippen molar-refractivity contribution in [2.24, 2.45) is 17.8 Å². The standard InChI is InChI=1S/C23H30FN/c24-23-15-13-22(14-16-23)21-11-9-20(10-12-21)19-7-5-18(6-8-19)4-2-1-3-17-25/h1,3,13-16,18-21H,2,4-12H2. The number of halogens is 1. The summed E-state index contributed by atoms with van der Waals surface area (Å²) in [5.41, 5.74) is 1.33. The maximum Gasteiger partial charge on any atom is 0.123 e. The van der Waals surface area contributed by atoms with Crippen LogP contribution in [0.25, 0.3) is 0 Å². The van der Waals surface area contributed by atoms with Gasteiger partial charge in [-0.15, -0.1) is 0 Å². The highest BCUT2D eigenvalue weighted by Crippen LogP contribution is 2.44. The van der Waals surface area contributed by atoms with Gasteiger partial charge in [0.25, 0.3) is 0 Å². The normalized spacial score (nSPS) is 30.2. The van der Waals surface area contributed by atoms with Crippen LogP contribution in [-0.2, 0) is 0 Å².